The smallest absolute Gasteiger partial charge is 0.301 e. The zero-order chi connectivity index (χ0) is 19.7. The van der Waals surface area contributed by atoms with Crippen molar-refractivity contribution in [2.75, 3.05) is 10.2 Å². The summed E-state index contributed by atoms with van der Waals surface area (Å²) in [6, 6.07) is 20.0. The van der Waals surface area contributed by atoms with Crippen molar-refractivity contribution in [1.29, 1.82) is 0 Å². The molecule has 140 valence electrons. The summed E-state index contributed by atoms with van der Waals surface area (Å²) in [7, 11) is 0. The molecule has 0 saturated carbocycles. The summed E-state index contributed by atoms with van der Waals surface area (Å²) in [5.41, 5.74) is 2.19. The minimum absolute atomic E-state index is 0.0573. The van der Waals surface area contributed by atoms with Gasteiger partial charge in [0.25, 0.3) is 0 Å². The average molecular weight is 374 g/mol. The average Bonchev–Trinajstić information content (AvgIpc) is 3.01. The molecule has 28 heavy (non-hydrogen) atoms. The number of rotatable bonds is 4. The number of amides is 1. The van der Waals surface area contributed by atoms with Crippen LogP contribution in [0.3, 0.4) is 0 Å². The van der Waals surface area contributed by atoms with E-state index in [2.05, 4.69) is 10.2 Å². The lowest BCUT2D eigenvalue weighted by atomic mass is 10.1. The molecule has 4 rings (SSSR count). The highest BCUT2D eigenvalue weighted by atomic mass is 16.5. The standard InChI is InChI=1S/C21H18N4O3/c1-14-20(21(27)24(22-14)18-9-6-15(13-26)7-10-18)23-25(28)19-11-8-16-4-2-3-5-17(16)12-19/h2-12,26,28H,13H2,1H3/b23-20-. The number of carbonyl (C=O) groups is 1. The van der Waals surface area contributed by atoms with Crippen molar-refractivity contribution in [1.82, 2.24) is 0 Å². The van der Waals surface area contributed by atoms with Crippen molar-refractivity contribution in [3.05, 3.63) is 72.3 Å². The zero-order valence-electron chi connectivity index (χ0n) is 15.1. The Bertz CT molecular complexity index is 1110. The highest BCUT2D eigenvalue weighted by Gasteiger charge is 2.31. The molecular weight excluding hydrogens is 356 g/mol. The largest absolute Gasteiger partial charge is 0.392 e. The molecule has 1 heterocycles. The molecule has 3 aromatic carbocycles. The third kappa shape index (κ3) is 3.24. The third-order valence-electron chi connectivity index (χ3n) is 4.51. The molecule has 0 unspecified atom stereocenters. The van der Waals surface area contributed by atoms with Crippen molar-refractivity contribution in [3.8, 4) is 0 Å². The van der Waals surface area contributed by atoms with Gasteiger partial charge in [-0.15, -0.1) is 10.3 Å². The van der Waals surface area contributed by atoms with Gasteiger partial charge in [-0.25, -0.2) is 0 Å². The number of fused-ring (bicyclic) bond motifs is 1. The van der Waals surface area contributed by atoms with Crippen LogP contribution in [0, 0.1) is 0 Å². The molecule has 0 spiro atoms. The number of aliphatic hydroxyl groups is 1. The van der Waals surface area contributed by atoms with Crippen molar-refractivity contribution in [3.63, 3.8) is 0 Å². The van der Waals surface area contributed by atoms with E-state index in [1.165, 1.54) is 5.01 Å². The maximum absolute atomic E-state index is 12.7. The van der Waals surface area contributed by atoms with Gasteiger partial charge in [-0.05, 0) is 47.5 Å². The number of anilines is 2. The Balaban J connectivity index is 1.61. The molecule has 0 aliphatic carbocycles. The van der Waals surface area contributed by atoms with E-state index >= 15 is 0 Å². The van der Waals surface area contributed by atoms with Gasteiger partial charge in [-0.2, -0.15) is 10.1 Å². The molecule has 0 atom stereocenters. The van der Waals surface area contributed by atoms with Crippen molar-refractivity contribution in [2.24, 2.45) is 10.2 Å². The zero-order valence-corrected chi connectivity index (χ0v) is 15.1. The molecule has 0 aromatic heterocycles. The molecule has 0 bridgehead atoms. The quantitative estimate of drug-likeness (QED) is 0.686. The van der Waals surface area contributed by atoms with Crippen LogP contribution in [-0.4, -0.2) is 27.6 Å². The first-order valence-electron chi connectivity index (χ1n) is 8.73. The summed E-state index contributed by atoms with van der Waals surface area (Å²) < 4.78 is 0. The summed E-state index contributed by atoms with van der Waals surface area (Å²) >= 11 is 0. The molecule has 1 amide bonds. The highest BCUT2D eigenvalue weighted by molar-refractivity contribution is 6.71. The Morgan fingerprint density at radius 3 is 2.46 bits per heavy atom. The second-order valence-corrected chi connectivity index (χ2v) is 6.40. The van der Waals surface area contributed by atoms with Crippen LogP contribution in [0.5, 0.6) is 0 Å². The van der Waals surface area contributed by atoms with Gasteiger partial charge in [0.15, 0.2) is 5.71 Å². The molecule has 0 saturated heterocycles. The van der Waals surface area contributed by atoms with Crippen LogP contribution in [-0.2, 0) is 11.4 Å². The Morgan fingerprint density at radius 1 is 1.04 bits per heavy atom. The number of aliphatic hydroxyl groups excluding tert-OH is 1. The number of hydrazone groups is 2. The molecule has 7 heteroatoms. The van der Waals surface area contributed by atoms with E-state index in [0.717, 1.165) is 16.3 Å². The van der Waals surface area contributed by atoms with Crippen molar-refractivity contribution >= 4 is 39.5 Å². The molecule has 0 radical (unpaired) electrons. The lowest BCUT2D eigenvalue weighted by Gasteiger charge is -2.14. The minimum atomic E-state index is -0.436. The fourth-order valence-electron chi connectivity index (χ4n) is 2.98. The lowest BCUT2D eigenvalue weighted by Crippen LogP contribution is -2.29. The van der Waals surface area contributed by atoms with Gasteiger partial charge in [0.2, 0.25) is 0 Å². The predicted molar refractivity (Wildman–Crippen MR) is 109 cm³/mol. The van der Waals surface area contributed by atoms with E-state index in [4.69, 9.17) is 5.11 Å². The summed E-state index contributed by atoms with van der Waals surface area (Å²) in [5.74, 6) is -0.436. The summed E-state index contributed by atoms with van der Waals surface area (Å²) in [6.07, 6.45) is 0. The van der Waals surface area contributed by atoms with Crippen molar-refractivity contribution < 1.29 is 15.1 Å². The summed E-state index contributed by atoms with van der Waals surface area (Å²) in [6.45, 7) is 1.58. The van der Waals surface area contributed by atoms with Crippen LogP contribution in [0.2, 0.25) is 0 Å². The number of nitrogens with zero attached hydrogens (tertiary/aromatic N) is 4. The normalized spacial score (nSPS) is 15.4. The van der Waals surface area contributed by atoms with Gasteiger partial charge < -0.3 is 5.11 Å². The van der Waals surface area contributed by atoms with Crippen LogP contribution < -0.4 is 10.2 Å². The second kappa shape index (κ2) is 7.22. The van der Waals surface area contributed by atoms with E-state index < -0.39 is 5.91 Å². The molecule has 1 aliphatic rings. The Kier molecular flexibility index (Phi) is 4.60. The molecule has 7 nitrogen and oxygen atoms in total. The minimum Gasteiger partial charge on any atom is -0.392 e. The van der Waals surface area contributed by atoms with Gasteiger partial charge >= 0.3 is 5.91 Å². The lowest BCUT2D eigenvalue weighted by molar-refractivity contribution is -0.112. The predicted octanol–water partition coefficient (Wildman–Crippen LogP) is 3.31. The molecule has 3 aromatic rings. The Morgan fingerprint density at radius 2 is 1.75 bits per heavy atom. The molecule has 2 N–H and O–H groups in total. The van der Waals surface area contributed by atoms with Gasteiger partial charge in [0.05, 0.1) is 23.7 Å². The maximum atomic E-state index is 12.7. The van der Waals surface area contributed by atoms with Gasteiger partial charge in [-0.3, -0.25) is 10.0 Å². The SMILES string of the molecule is CC1=NN(c2ccc(CO)cc2)C(=O)/C1=N\N(O)c1ccc2ccccc2c1. The van der Waals surface area contributed by atoms with Gasteiger partial charge in [0, 0.05) is 0 Å². The van der Waals surface area contributed by atoms with Crippen LogP contribution in [0.1, 0.15) is 12.5 Å². The van der Waals surface area contributed by atoms with Crippen LogP contribution in [0.15, 0.2) is 76.9 Å². The van der Waals surface area contributed by atoms with Crippen LogP contribution in [0.4, 0.5) is 11.4 Å². The fraction of sp³-hybridized carbons (Fsp3) is 0.0952. The first-order chi connectivity index (χ1) is 13.6. The number of hydrogen-bond acceptors (Lipinski definition) is 6. The Hall–Kier alpha value is -3.55. The monoisotopic (exact) mass is 374 g/mol. The maximum Gasteiger partial charge on any atom is 0.301 e. The summed E-state index contributed by atoms with van der Waals surface area (Å²) in [5, 5.41) is 31.8. The second-order valence-electron chi connectivity index (χ2n) is 6.40. The molecule has 1 aliphatic heterocycles. The van der Waals surface area contributed by atoms with Gasteiger partial charge in [0.1, 0.15) is 0 Å². The fourth-order valence-corrected chi connectivity index (χ4v) is 2.98. The number of hydrogen-bond donors (Lipinski definition) is 2. The Labute approximate surface area is 161 Å². The first-order valence-corrected chi connectivity index (χ1v) is 8.73. The van der Waals surface area contributed by atoms with Crippen LogP contribution in [0.25, 0.3) is 10.8 Å². The van der Waals surface area contributed by atoms with Crippen molar-refractivity contribution in [2.45, 2.75) is 13.5 Å². The summed E-state index contributed by atoms with van der Waals surface area (Å²) in [4.78, 5) is 12.7. The highest BCUT2D eigenvalue weighted by Crippen LogP contribution is 2.23. The third-order valence-corrected chi connectivity index (χ3v) is 4.51. The van der Waals surface area contributed by atoms with Crippen LogP contribution >= 0.6 is 0 Å². The molecular formula is C21H18N4O3. The van der Waals surface area contributed by atoms with E-state index in [-0.39, 0.29) is 12.3 Å². The number of carbonyl (C=O) groups excluding carboxylic acids is 1. The molecule has 0 fully saturated rings. The van der Waals surface area contributed by atoms with E-state index in [0.29, 0.717) is 22.3 Å². The number of benzene rings is 3. The van der Waals surface area contributed by atoms with E-state index in [9.17, 15) is 10.0 Å². The van der Waals surface area contributed by atoms with Gasteiger partial charge in [-0.1, -0.05) is 42.5 Å². The first kappa shape index (κ1) is 17.8. The van der Waals surface area contributed by atoms with E-state index in [1.807, 2.05) is 30.3 Å². The topological polar surface area (TPSA) is 88.7 Å². The van der Waals surface area contributed by atoms with E-state index in [1.54, 1.807) is 43.3 Å².